The Kier molecular flexibility index (Phi) is 4.71. The molecule has 4 aromatic rings. The third-order valence-electron chi connectivity index (χ3n) is 4.37. The van der Waals surface area contributed by atoms with Gasteiger partial charge in [0.05, 0.1) is 19.7 Å². The second-order valence-electron chi connectivity index (χ2n) is 6.32. The zero-order valence-electron chi connectivity index (χ0n) is 15.6. The van der Waals surface area contributed by atoms with Crippen molar-refractivity contribution in [3.05, 3.63) is 65.6 Å². The lowest BCUT2D eigenvalue weighted by atomic mass is 10.1. The molecule has 29 heavy (non-hydrogen) atoms. The van der Waals surface area contributed by atoms with Crippen LogP contribution in [-0.4, -0.2) is 27.6 Å². The molecular formula is C20H16F2N4O3. The largest absolute Gasteiger partial charge is 0.491 e. The number of imidazole rings is 1. The van der Waals surface area contributed by atoms with Gasteiger partial charge in [0.2, 0.25) is 17.5 Å². The van der Waals surface area contributed by atoms with Gasteiger partial charge >= 0.3 is 0 Å². The molecule has 0 aliphatic rings. The topological polar surface area (TPSA) is 81.7 Å². The normalized spacial score (nSPS) is 11.0. The molecule has 0 aliphatic heterocycles. The molecule has 0 radical (unpaired) electrons. The number of nitrogens with zero attached hydrogens (tertiary/aromatic N) is 3. The van der Waals surface area contributed by atoms with Crippen LogP contribution in [0.15, 0.2) is 47.0 Å². The van der Waals surface area contributed by atoms with Crippen molar-refractivity contribution < 1.29 is 22.7 Å². The van der Waals surface area contributed by atoms with Crippen LogP contribution in [0.4, 0.5) is 14.5 Å². The summed E-state index contributed by atoms with van der Waals surface area (Å²) < 4.78 is 39.6. The number of rotatable bonds is 5. The van der Waals surface area contributed by atoms with E-state index < -0.39 is 23.3 Å². The molecule has 0 bridgehead atoms. The van der Waals surface area contributed by atoms with Crippen LogP contribution in [0.5, 0.6) is 5.75 Å². The van der Waals surface area contributed by atoms with Crippen molar-refractivity contribution in [2.24, 2.45) is 0 Å². The second kappa shape index (κ2) is 7.34. The van der Waals surface area contributed by atoms with E-state index in [-0.39, 0.29) is 12.0 Å². The van der Waals surface area contributed by atoms with Gasteiger partial charge in [-0.05, 0) is 37.3 Å². The number of methoxy groups -OCH3 is 1. The summed E-state index contributed by atoms with van der Waals surface area (Å²) in [7, 11) is 1.17. The first-order chi connectivity index (χ1) is 14.0. The Morgan fingerprint density at radius 2 is 1.97 bits per heavy atom. The van der Waals surface area contributed by atoms with Gasteiger partial charge in [-0.2, -0.15) is 4.52 Å². The Labute approximate surface area is 163 Å². The average Bonchev–Trinajstić information content (AvgIpc) is 3.27. The lowest BCUT2D eigenvalue weighted by Crippen LogP contribution is -2.15. The average molecular weight is 398 g/mol. The molecule has 4 rings (SSSR count). The van der Waals surface area contributed by atoms with Gasteiger partial charge in [0.25, 0.3) is 0 Å². The number of nitrogens with one attached hydrogen (secondary N) is 1. The lowest BCUT2D eigenvalue weighted by Gasteiger charge is -2.09. The van der Waals surface area contributed by atoms with Crippen LogP contribution in [0.25, 0.3) is 17.2 Å². The standard InChI is InChI=1S/C20H16F2N4O3/c1-11-23-10-17-26(11)25-20(29-17)12-3-6-14(7-4-12)24-16(27)9-13-5-8-15(21)19(28-2)18(13)22/h3-8,10H,9H2,1-2H3,(H,24,27). The maximum absolute atomic E-state index is 14.2. The van der Waals surface area contributed by atoms with Crippen LogP contribution >= 0.6 is 0 Å². The number of amides is 1. The fourth-order valence-electron chi connectivity index (χ4n) is 2.91. The number of hydrogen-bond donors (Lipinski definition) is 1. The minimum Gasteiger partial charge on any atom is -0.491 e. The maximum Gasteiger partial charge on any atom is 0.246 e. The Hall–Kier alpha value is -3.75. The molecule has 2 heterocycles. The summed E-state index contributed by atoms with van der Waals surface area (Å²) in [6, 6.07) is 9.13. The summed E-state index contributed by atoms with van der Waals surface area (Å²) in [6.45, 7) is 1.82. The number of anilines is 1. The predicted octanol–water partition coefficient (Wildman–Crippen LogP) is 3.77. The minimum absolute atomic E-state index is 0.0389. The van der Waals surface area contributed by atoms with Crippen LogP contribution in [0.3, 0.4) is 0 Å². The van der Waals surface area contributed by atoms with Crippen molar-refractivity contribution in [1.29, 1.82) is 0 Å². The minimum atomic E-state index is -0.886. The van der Waals surface area contributed by atoms with Crippen molar-refractivity contribution in [2.45, 2.75) is 13.3 Å². The summed E-state index contributed by atoms with van der Waals surface area (Å²) in [6.07, 6.45) is 1.33. The third kappa shape index (κ3) is 3.54. The Balaban J connectivity index is 1.46. The quantitative estimate of drug-likeness (QED) is 0.554. The van der Waals surface area contributed by atoms with E-state index in [9.17, 15) is 13.6 Å². The Morgan fingerprint density at radius 1 is 1.21 bits per heavy atom. The number of carbonyl (C=O) groups is 1. The highest BCUT2D eigenvalue weighted by Crippen LogP contribution is 2.25. The molecular weight excluding hydrogens is 382 g/mol. The first kappa shape index (κ1) is 18.6. The van der Waals surface area contributed by atoms with Gasteiger partial charge in [0.15, 0.2) is 17.4 Å². The first-order valence-corrected chi connectivity index (χ1v) is 8.68. The zero-order valence-corrected chi connectivity index (χ0v) is 15.6. The molecule has 2 aromatic carbocycles. The van der Waals surface area contributed by atoms with Crippen LogP contribution in [-0.2, 0) is 11.2 Å². The number of benzene rings is 2. The predicted molar refractivity (Wildman–Crippen MR) is 101 cm³/mol. The van der Waals surface area contributed by atoms with Crippen molar-refractivity contribution in [2.75, 3.05) is 12.4 Å². The number of hydrogen-bond acceptors (Lipinski definition) is 5. The molecule has 0 fully saturated rings. The summed E-state index contributed by atoms with van der Waals surface area (Å²) >= 11 is 0. The van der Waals surface area contributed by atoms with E-state index in [1.165, 1.54) is 13.2 Å². The van der Waals surface area contributed by atoms with E-state index in [0.29, 0.717) is 23.1 Å². The maximum atomic E-state index is 14.2. The molecule has 0 saturated carbocycles. The third-order valence-corrected chi connectivity index (χ3v) is 4.37. The summed E-state index contributed by atoms with van der Waals surface area (Å²) in [5.41, 5.74) is 1.81. The summed E-state index contributed by atoms with van der Waals surface area (Å²) in [5.74, 6) is -1.53. The zero-order chi connectivity index (χ0) is 20.5. The van der Waals surface area contributed by atoms with Crippen LogP contribution in [0.2, 0.25) is 0 Å². The number of aryl methyl sites for hydroxylation is 1. The molecule has 1 N–H and O–H groups in total. The highest BCUT2D eigenvalue weighted by atomic mass is 19.1. The number of carbonyl (C=O) groups excluding carboxylic acids is 1. The van der Waals surface area contributed by atoms with Crippen molar-refractivity contribution in [3.8, 4) is 17.2 Å². The smallest absolute Gasteiger partial charge is 0.246 e. The van der Waals surface area contributed by atoms with Gasteiger partial charge < -0.3 is 14.5 Å². The van der Waals surface area contributed by atoms with Crippen molar-refractivity contribution >= 4 is 17.3 Å². The van der Waals surface area contributed by atoms with E-state index in [1.807, 2.05) is 6.92 Å². The molecule has 0 spiro atoms. The Morgan fingerprint density at radius 3 is 2.66 bits per heavy atom. The van der Waals surface area contributed by atoms with Gasteiger partial charge in [-0.3, -0.25) is 4.79 Å². The Bertz CT molecular complexity index is 1200. The number of aromatic nitrogens is 3. The van der Waals surface area contributed by atoms with Crippen LogP contribution in [0.1, 0.15) is 11.4 Å². The van der Waals surface area contributed by atoms with Gasteiger partial charge in [-0.15, -0.1) is 5.10 Å². The number of halogens is 2. The highest BCUT2D eigenvalue weighted by molar-refractivity contribution is 5.92. The van der Waals surface area contributed by atoms with E-state index in [1.54, 1.807) is 35.0 Å². The van der Waals surface area contributed by atoms with Gasteiger partial charge in [-0.1, -0.05) is 6.07 Å². The van der Waals surface area contributed by atoms with Crippen molar-refractivity contribution in [3.63, 3.8) is 0 Å². The van der Waals surface area contributed by atoms with Crippen molar-refractivity contribution in [1.82, 2.24) is 14.6 Å². The first-order valence-electron chi connectivity index (χ1n) is 8.68. The van der Waals surface area contributed by atoms with Gasteiger partial charge in [-0.25, -0.2) is 13.8 Å². The van der Waals surface area contributed by atoms with Crippen LogP contribution in [0, 0.1) is 18.6 Å². The molecule has 1 amide bonds. The summed E-state index contributed by atoms with van der Waals surface area (Å²) in [5, 5.41) is 7.01. The van der Waals surface area contributed by atoms with E-state index in [2.05, 4.69) is 15.4 Å². The van der Waals surface area contributed by atoms with E-state index in [0.717, 1.165) is 11.6 Å². The van der Waals surface area contributed by atoms with E-state index >= 15 is 0 Å². The fourth-order valence-corrected chi connectivity index (χ4v) is 2.91. The number of ether oxygens (including phenoxy) is 1. The molecule has 2 aromatic heterocycles. The summed E-state index contributed by atoms with van der Waals surface area (Å²) in [4.78, 5) is 16.3. The van der Waals surface area contributed by atoms with Crippen LogP contribution < -0.4 is 10.1 Å². The lowest BCUT2D eigenvalue weighted by molar-refractivity contribution is -0.115. The molecule has 7 nitrogen and oxygen atoms in total. The van der Waals surface area contributed by atoms with Gasteiger partial charge in [0.1, 0.15) is 5.82 Å². The molecule has 148 valence electrons. The molecule has 9 heteroatoms. The molecule has 0 atom stereocenters. The molecule has 0 aliphatic carbocycles. The SMILES string of the molecule is COc1c(F)ccc(CC(=O)Nc2ccc(-c3nn4c(C)ncc4o3)cc2)c1F. The monoisotopic (exact) mass is 398 g/mol. The molecule has 0 saturated heterocycles. The van der Waals surface area contributed by atoms with E-state index in [4.69, 9.17) is 9.15 Å². The molecule has 0 unspecified atom stereocenters. The van der Waals surface area contributed by atoms with Gasteiger partial charge in [0, 0.05) is 16.8 Å². The highest BCUT2D eigenvalue weighted by Gasteiger charge is 2.17. The number of fused-ring (bicyclic) bond motifs is 1. The second-order valence-corrected chi connectivity index (χ2v) is 6.32. The fraction of sp³-hybridized carbons (Fsp3) is 0.150.